The number of hydrogen-bond acceptors (Lipinski definition) is 5. The van der Waals surface area contributed by atoms with Crippen molar-refractivity contribution in [2.75, 3.05) is 39.8 Å². The lowest BCUT2D eigenvalue weighted by Gasteiger charge is -2.09. The first kappa shape index (κ1) is 11.4. The van der Waals surface area contributed by atoms with Crippen LogP contribution in [-0.4, -0.2) is 45.8 Å². The first-order valence-electron chi connectivity index (χ1n) is 4.78. The Balaban J connectivity index is 0.000000146. The highest BCUT2D eigenvalue weighted by atomic mass is 16.7. The minimum atomic E-state index is -0.150. The van der Waals surface area contributed by atoms with E-state index in [1.807, 2.05) is 0 Å². The third kappa shape index (κ3) is 5.90. The lowest BCUT2D eigenvalue weighted by atomic mass is 10.5. The van der Waals surface area contributed by atoms with Crippen molar-refractivity contribution < 1.29 is 23.7 Å². The topological polar surface area (TPSA) is 54.0 Å². The minimum absolute atomic E-state index is 0.150. The van der Waals surface area contributed by atoms with E-state index < -0.39 is 0 Å². The van der Waals surface area contributed by atoms with Crippen LogP contribution in [0, 0.1) is 0 Å². The quantitative estimate of drug-likeness (QED) is 0.532. The Morgan fingerprint density at radius 2 is 1.64 bits per heavy atom. The predicted molar refractivity (Wildman–Crippen MR) is 47.8 cm³/mol. The van der Waals surface area contributed by atoms with Gasteiger partial charge in [0.1, 0.15) is 13.4 Å². The van der Waals surface area contributed by atoms with Gasteiger partial charge < -0.3 is 18.9 Å². The van der Waals surface area contributed by atoms with Crippen LogP contribution in [-0.2, 0) is 23.7 Å². The third-order valence-corrected chi connectivity index (χ3v) is 1.69. The third-order valence-electron chi connectivity index (χ3n) is 1.69. The van der Waals surface area contributed by atoms with Crippen LogP contribution >= 0.6 is 0 Å². The van der Waals surface area contributed by atoms with Gasteiger partial charge in [0.25, 0.3) is 0 Å². The van der Waals surface area contributed by atoms with Gasteiger partial charge in [-0.05, 0) is 6.42 Å². The Bertz CT molecular complexity index is 134. The van der Waals surface area contributed by atoms with Crippen LogP contribution in [0.25, 0.3) is 0 Å². The van der Waals surface area contributed by atoms with Crippen LogP contribution in [0.15, 0.2) is 0 Å². The summed E-state index contributed by atoms with van der Waals surface area (Å²) in [6, 6.07) is 0. The standard InChI is InChI=1S/C5H8O3.C4H8O2/c6-5-1-2-7-3-4-8-5;1-2-5-4-6-3-1/h1-4H2;1-4H2. The number of cyclic esters (lactones) is 1. The van der Waals surface area contributed by atoms with Crippen LogP contribution in [0.5, 0.6) is 0 Å². The van der Waals surface area contributed by atoms with E-state index in [9.17, 15) is 4.79 Å². The molecule has 0 aliphatic carbocycles. The van der Waals surface area contributed by atoms with Gasteiger partial charge in [-0.25, -0.2) is 0 Å². The average Bonchev–Trinajstić information content (AvgIpc) is 2.49. The fourth-order valence-corrected chi connectivity index (χ4v) is 0.984. The first-order valence-corrected chi connectivity index (χ1v) is 4.78. The summed E-state index contributed by atoms with van der Waals surface area (Å²) in [5.74, 6) is -0.150. The second kappa shape index (κ2) is 7.73. The van der Waals surface area contributed by atoms with Crippen LogP contribution in [0.4, 0.5) is 0 Å². The zero-order chi connectivity index (χ0) is 10.1. The van der Waals surface area contributed by atoms with Crippen molar-refractivity contribution in [2.45, 2.75) is 12.8 Å². The van der Waals surface area contributed by atoms with Gasteiger partial charge >= 0.3 is 5.97 Å². The summed E-state index contributed by atoms with van der Waals surface area (Å²) in [5.41, 5.74) is 0. The predicted octanol–water partition coefficient (Wildman–Crippen LogP) is 0.331. The molecule has 2 rings (SSSR count). The Labute approximate surface area is 83.3 Å². The Morgan fingerprint density at radius 3 is 2.21 bits per heavy atom. The second-order valence-electron chi connectivity index (χ2n) is 2.87. The maximum absolute atomic E-state index is 10.4. The molecule has 0 unspecified atom stereocenters. The molecule has 0 saturated carbocycles. The van der Waals surface area contributed by atoms with E-state index in [0.29, 0.717) is 33.0 Å². The molecule has 2 heterocycles. The van der Waals surface area contributed by atoms with Crippen molar-refractivity contribution in [3.63, 3.8) is 0 Å². The van der Waals surface area contributed by atoms with E-state index in [4.69, 9.17) is 14.2 Å². The molecule has 2 fully saturated rings. The van der Waals surface area contributed by atoms with E-state index in [2.05, 4.69) is 4.74 Å². The summed E-state index contributed by atoms with van der Waals surface area (Å²) in [4.78, 5) is 10.4. The highest BCUT2D eigenvalue weighted by Crippen LogP contribution is 1.93. The first-order chi connectivity index (χ1) is 6.89. The molecular formula is C9H16O5. The average molecular weight is 204 g/mol. The number of rotatable bonds is 0. The zero-order valence-corrected chi connectivity index (χ0v) is 8.20. The Morgan fingerprint density at radius 1 is 0.857 bits per heavy atom. The van der Waals surface area contributed by atoms with Crippen LogP contribution < -0.4 is 0 Å². The SMILES string of the molecule is C1COCOC1.O=C1CCOCCO1. The van der Waals surface area contributed by atoms with Gasteiger partial charge in [0.2, 0.25) is 0 Å². The number of ether oxygens (including phenoxy) is 4. The molecule has 0 aromatic rings. The minimum Gasteiger partial charge on any atom is -0.463 e. The molecule has 0 bridgehead atoms. The highest BCUT2D eigenvalue weighted by molar-refractivity contribution is 5.69. The molecule has 0 atom stereocenters. The summed E-state index contributed by atoms with van der Waals surface area (Å²) in [6.07, 6.45) is 1.46. The van der Waals surface area contributed by atoms with Crippen LogP contribution in [0.2, 0.25) is 0 Å². The number of hydrogen-bond donors (Lipinski definition) is 0. The van der Waals surface area contributed by atoms with E-state index in [1.165, 1.54) is 0 Å². The molecule has 0 spiro atoms. The molecule has 5 heteroatoms. The highest BCUT2D eigenvalue weighted by Gasteiger charge is 2.05. The van der Waals surface area contributed by atoms with Crippen molar-refractivity contribution in [1.82, 2.24) is 0 Å². The maximum Gasteiger partial charge on any atom is 0.308 e. The number of esters is 1. The van der Waals surface area contributed by atoms with Gasteiger partial charge in [-0.2, -0.15) is 0 Å². The fourth-order valence-electron chi connectivity index (χ4n) is 0.984. The van der Waals surface area contributed by atoms with Crippen molar-refractivity contribution in [3.05, 3.63) is 0 Å². The smallest absolute Gasteiger partial charge is 0.308 e. The van der Waals surface area contributed by atoms with Crippen LogP contribution in [0.1, 0.15) is 12.8 Å². The van der Waals surface area contributed by atoms with E-state index in [1.54, 1.807) is 0 Å². The van der Waals surface area contributed by atoms with E-state index in [-0.39, 0.29) is 5.97 Å². The Kier molecular flexibility index (Phi) is 6.30. The molecule has 0 N–H and O–H groups in total. The van der Waals surface area contributed by atoms with E-state index >= 15 is 0 Å². The Hall–Kier alpha value is -0.650. The summed E-state index contributed by atoms with van der Waals surface area (Å²) in [6.45, 7) is 3.73. The molecule has 82 valence electrons. The number of carbonyl (C=O) groups excluding carboxylic acids is 1. The lowest BCUT2D eigenvalue weighted by Crippen LogP contribution is -2.11. The van der Waals surface area contributed by atoms with Gasteiger partial charge in [-0.1, -0.05) is 0 Å². The molecule has 2 aliphatic rings. The summed E-state index contributed by atoms with van der Waals surface area (Å²) in [7, 11) is 0. The van der Waals surface area contributed by atoms with Gasteiger partial charge in [-0.3, -0.25) is 4.79 Å². The monoisotopic (exact) mass is 204 g/mol. The van der Waals surface area contributed by atoms with Gasteiger partial charge in [0, 0.05) is 0 Å². The molecule has 2 aliphatic heterocycles. The summed E-state index contributed by atoms with van der Waals surface area (Å²) < 4.78 is 19.3. The zero-order valence-electron chi connectivity index (χ0n) is 8.20. The summed E-state index contributed by atoms with van der Waals surface area (Å²) >= 11 is 0. The lowest BCUT2D eigenvalue weighted by molar-refractivity contribution is -0.142. The number of carbonyl (C=O) groups is 1. The van der Waals surface area contributed by atoms with Crippen molar-refractivity contribution in [2.24, 2.45) is 0 Å². The molecule has 0 amide bonds. The van der Waals surface area contributed by atoms with Crippen molar-refractivity contribution in [3.8, 4) is 0 Å². The fraction of sp³-hybridized carbons (Fsp3) is 0.889. The molecule has 0 aromatic heterocycles. The normalized spacial score (nSPS) is 22.7. The summed E-state index contributed by atoms with van der Waals surface area (Å²) in [5, 5.41) is 0. The van der Waals surface area contributed by atoms with Crippen molar-refractivity contribution in [1.29, 1.82) is 0 Å². The van der Waals surface area contributed by atoms with Gasteiger partial charge in [0.15, 0.2) is 0 Å². The van der Waals surface area contributed by atoms with Gasteiger partial charge in [-0.15, -0.1) is 0 Å². The molecule has 0 radical (unpaired) electrons. The largest absolute Gasteiger partial charge is 0.463 e. The van der Waals surface area contributed by atoms with Crippen molar-refractivity contribution >= 4 is 5.97 Å². The maximum atomic E-state index is 10.4. The van der Waals surface area contributed by atoms with Crippen LogP contribution in [0.3, 0.4) is 0 Å². The molecule has 5 nitrogen and oxygen atoms in total. The molecule has 2 saturated heterocycles. The molecular weight excluding hydrogens is 188 g/mol. The van der Waals surface area contributed by atoms with Gasteiger partial charge in [0.05, 0.1) is 32.8 Å². The molecule has 14 heavy (non-hydrogen) atoms. The van der Waals surface area contributed by atoms with E-state index in [0.717, 1.165) is 19.6 Å². The molecule has 0 aromatic carbocycles. The second-order valence-corrected chi connectivity index (χ2v) is 2.87.